The summed E-state index contributed by atoms with van der Waals surface area (Å²) in [7, 11) is 0. The lowest BCUT2D eigenvalue weighted by Gasteiger charge is -1.94. The average molecular weight is 384 g/mol. The highest BCUT2D eigenvalue weighted by molar-refractivity contribution is 6.06. The summed E-state index contributed by atoms with van der Waals surface area (Å²) in [6, 6.07) is 28.7. The van der Waals surface area contributed by atoms with Crippen molar-refractivity contribution in [3.8, 4) is 0 Å². The van der Waals surface area contributed by atoms with Gasteiger partial charge >= 0.3 is 5.97 Å². The Balaban J connectivity index is 0.000000212. The van der Waals surface area contributed by atoms with Gasteiger partial charge in [-0.25, -0.2) is 4.79 Å². The van der Waals surface area contributed by atoms with E-state index in [9.17, 15) is 9.59 Å². The first-order chi connectivity index (χ1) is 14.2. The van der Waals surface area contributed by atoms with E-state index in [1.54, 1.807) is 19.1 Å². The number of hydrogen-bond donors (Lipinski definition) is 0. The zero-order chi connectivity index (χ0) is 20.7. The molecule has 0 aromatic heterocycles. The van der Waals surface area contributed by atoms with Crippen LogP contribution in [0.1, 0.15) is 28.4 Å². The van der Waals surface area contributed by atoms with Gasteiger partial charge in [-0.3, -0.25) is 4.79 Å². The fourth-order valence-electron chi connectivity index (χ4n) is 2.35. The molecule has 3 rings (SSSR count). The Hall–Kier alpha value is -3.72. The predicted octanol–water partition coefficient (Wildman–Crippen LogP) is 5.85. The highest BCUT2D eigenvalue weighted by Crippen LogP contribution is 2.05. The van der Waals surface area contributed by atoms with E-state index < -0.39 is 0 Å². The average Bonchev–Trinajstić information content (AvgIpc) is 2.79. The Morgan fingerprint density at radius 3 is 1.62 bits per heavy atom. The van der Waals surface area contributed by atoms with Gasteiger partial charge in [0.15, 0.2) is 5.78 Å². The molecule has 3 heteroatoms. The minimum atomic E-state index is -0.300. The fraction of sp³-hybridized carbons (Fsp3) is 0.0769. The van der Waals surface area contributed by atoms with Gasteiger partial charge < -0.3 is 4.74 Å². The first-order valence-corrected chi connectivity index (χ1v) is 9.41. The number of rotatable bonds is 6. The first-order valence-electron chi connectivity index (χ1n) is 9.41. The van der Waals surface area contributed by atoms with Crippen LogP contribution >= 0.6 is 0 Å². The highest BCUT2D eigenvalue weighted by atomic mass is 16.5. The van der Waals surface area contributed by atoms with Crippen molar-refractivity contribution in [3.63, 3.8) is 0 Å². The van der Waals surface area contributed by atoms with Crippen molar-refractivity contribution in [2.45, 2.75) is 6.92 Å². The fourth-order valence-corrected chi connectivity index (χ4v) is 2.35. The molecule has 3 nitrogen and oxygen atoms in total. The highest BCUT2D eigenvalue weighted by Gasteiger charge is 1.98. The van der Waals surface area contributed by atoms with Crippen molar-refractivity contribution in [3.05, 3.63) is 120 Å². The topological polar surface area (TPSA) is 43.4 Å². The smallest absolute Gasteiger partial charge is 0.330 e. The van der Waals surface area contributed by atoms with E-state index in [1.807, 2.05) is 97.1 Å². The van der Waals surface area contributed by atoms with E-state index >= 15 is 0 Å². The van der Waals surface area contributed by atoms with Gasteiger partial charge in [0.05, 0.1) is 6.61 Å². The molecule has 0 heterocycles. The van der Waals surface area contributed by atoms with Crippen molar-refractivity contribution >= 4 is 23.9 Å². The van der Waals surface area contributed by atoms with Crippen LogP contribution < -0.4 is 0 Å². The van der Waals surface area contributed by atoms with E-state index in [4.69, 9.17) is 4.74 Å². The maximum absolute atomic E-state index is 11.7. The molecule has 0 amide bonds. The Morgan fingerprint density at radius 1 is 0.690 bits per heavy atom. The van der Waals surface area contributed by atoms with Gasteiger partial charge in [-0.05, 0) is 30.2 Å². The number of carbonyl (C=O) groups is 2. The van der Waals surface area contributed by atoms with Crippen LogP contribution in [0.25, 0.3) is 12.2 Å². The van der Waals surface area contributed by atoms with Crippen LogP contribution in [-0.4, -0.2) is 18.4 Å². The molecule has 146 valence electrons. The molecule has 0 radical (unpaired) electrons. The number of hydrogen-bond acceptors (Lipinski definition) is 3. The van der Waals surface area contributed by atoms with Crippen molar-refractivity contribution in [2.75, 3.05) is 6.61 Å². The maximum Gasteiger partial charge on any atom is 0.330 e. The summed E-state index contributed by atoms with van der Waals surface area (Å²) in [6.45, 7) is 2.20. The van der Waals surface area contributed by atoms with Crippen LogP contribution in [0.3, 0.4) is 0 Å². The molecule has 3 aromatic carbocycles. The molecule has 0 spiro atoms. The number of ketones is 1. The molecule has 0 saturated heterocycles. The second-order valence-electron chi connectivity index (χ2n) is 5.97. The molecular formula is C26H24O3. The van der Waals surface area contributed by atoms with Gasteiger partial charge in [-0.2, -0.15) is 0 Å². The van der Waals surface area contributed by atoms with Crippen LogP contribution in [0, 0.1) is 0 Å². The Kier molecular flexibility index (Phi) is 9.40. The number of esters is 1. The lowest BCUT2D eigenvalue weighted by molar-refractivity contribution is -0.137. The zero-order valence-corrected chi connectivity index (χ0v) is 16.4. The SMILES string of the molecule is CCOC(=O)C=Cc1ccccc1.O=C(C=Cc1ccccc1)c1ccccc1. The summed E-state index contributed by atoms with van der Waals surface area (Å²) < 4.78 is 4.74. The second kappa shape index (κ2) is 12.6. The van der Waals surface area contributed by atoms with E-state index in [-0.39, 0.29) is 11.8 Å². The van der Waals surface area contributed by atoms with Gasteiger partial charge in [0.2, 0.25) is 0 Å². The monoisotopic (exact) mass is 384 g/mol. The maximum atomic E-state index is 11.7. The number of carbonyl (C=O) groups excluding carboxylic acids is 2. The molecule has 0 bridgehead atoms. The van der Waals surface area contributed by atoms with Crippen LogP contribution in [-0.2, 0) is 9.53 Å². The summed E-state index contributed by atoms with van der Waals surface area (Å²) in [5.41, 5.74) is 2.75. The largest absolute Gasteiger partial charge is 0.463 e. The van der Waals surface area contributed by atoms with E-state index in [1.165, 1.54) is 6.08 Å². The first kappa shape index (κ1) is 21.6. The van der Waals surface area contributed by atoms with Crippen molar-refractivity contribution < 1.29 is 14.3 Å². The summed E-state index contributed by atoms with van der Waals surface area (Å²) in [6.07, 6.45) is 6.59. The molecule has 0 N–H and O–H groups in total. The van der Waals surface area contributed by atoms with Gasteiger partial charge in [0.25, 0.3) is 0 Å². The molecular weight excluding hydrogens is 360 g/mol. The standard InChI is InChI=1S/C15H12O.C11H12O2/c16-15(14-9-5-2-6-10-14)12-11-13-7-3-1-4-8-13;1-2-13-11(12)9-8-10-6-4-3-5-7-10/h1-12H;3-9H,2H2,1H3. The summed E-state index contributed by atoms with van der Waals surface area (Å²) in [4.78, 5) is 22.6. The number of allylic oxidation sites excluding steroid dienone is 1. The van der Waals surface area contributed by atoms with Crippen molar-refractivity contribution in [2.24, 2.45) is 0 Å². The Morgan fingerprint density at radius 2 is 1.14 bits per heavy atom. The van der Waals surface area contributed by atoms with Crippen LogP contribution in [0.15, 0.2) is 103 Å². The third-order valence-electron chi connectivity index (χ3n) is 3.78. The van der Waals surface area contributed by atoms with Crippen molar-refractivity contribution in [1.29, 1.82) is 0 Å². The minimum absolute atomic E-state index is 0.0319. The van der Waals surface area contributed by atoms with Gasteiger partial charge in [-0.1, -0.05) is 97.1 Å². The van der Waals surface area contributed by atoms with Gasteiger partial charge in [0, 0.05) is 11.6 Å². The molecule has 0 unspecified atom stereocenters. The predicted molar refractivity (Wildman–Crippen MR) is 118 cm³/mol. The second-order valence-corrected chi connectivity index (χ2v) is 5.97. The Bertz CT molecular complexity index is 927. The van der Waals surface area contributed by atoms with Crippen LogP contribution in [0.2, 0.25) is 0 Å². The molecule has 0 atom stereocenters. The molecule has 29 heavy (non-hydrogen) atoms. The molecule has 0 aliphatic heterocycles. The van der Waals surface area contributed by atoms with Crippen LogP contribution in [0.4, 0.5) is 0 Å². The minimum Gasteiger partial charge on any atom is -0.463 e. The lowest BCUT2D eigenvalue weighted by atomic mass is 10.1. The van der Waals surface area contributed by atoms with Crippen LogP contribution in [0.5, 0.6) is 0 Å². The van der Waals surface area contributed by atoms with Crippen molar-refractivity contribution in [1.82, 2.24) is 0 Å². The molecule has 0 aliphatic carbocycles. The van der Waals surface area contributed by atoms with E-state index in [0.717, 1.165) is 16.7 Å². The quantitative estimate of drug-likeness (QED) is 0.304. The Labute approximate surface area is 172 Å². The third kappa shape index (κ3) is 8.67. The molecule has 0 saturated carbocycles. The van der Waals surface area contributed by atoms with Gasteiger partial charge in [0.1, 0.15) is 0 Å². The summed E-state index contributed by atoms with van der Waals surface area (Å²) >= 11 is 0. The summed E-state index contributed by atoms with van der Waals surface area (Å²) in [5, 5.41) is 0. The number of benzene rings is 3. The van der Waals surface area contributed by atoms with E-state index in [2.05, 4.69) is 0 Å². The van der Waals surface area contributed by atoms with Gasteiger partial charge in [-0.15, -0.1) is 0 Å². The third-order valence-corrected chi connectivity index (χ3v) is 3.78. The normalized spacial score (nSPS) is 10.4. The molecule has 0 aliphatic rings. The number of ether oxygens (including phenoxy) is 1. The molecule has 0 fully saturated rings. The zero-order valence-electron chi connectivity index (χ0n) is 16.4. The van der Waals surface area contributed by atoms with E-state index in [0.29, 0.717) is 6.61 Å². The summed E-state index contributed by atoms with van der Waals surface area (Å²) in [5.74, 6) is -0.268. The molecule has 3 aromatic rings. The lowest BCUT2D eigenvalue weighted by Crippen LogP contribution is -1.98.